The van der Waals surface area contributed by atoms with Crippen LogP contribution >= 0.6 is 0 Å². The minimum Gasteiger partial charge on any atom is -0.496 e. The number of amides is 1. The summed E-state index contributed by atoms with van der Waals surface area (Å²) in [5.41, 5.74) is 1.11. The summed E-state index contributed by atoms with van der Waals surface area (Å²) in [6, 6.07) is 7.90. The predicted octanol–water partition coefficient (Wildman–Crippen LogP) is 1.85. The van der Waals surface area contributed by atoms with Crippen molar-refractivity contribution in [2.75, 3.05) is 40.4 Å². The molecule has 1 aliphatic heterocycles. The first-order valence-electron chi connectivity index (χ1n) is 8.38. The minimum absolute atomic E-state index is 0.0539. The van der Waals surface area contributed by atoms with Crippen molar-refractivity contribution in [2.24, 2.45) is 0 Å². The quantitative estimate of drug-likeness (QED) is 0.794. The van der Waals surface area contributed by atoms with Gasteiger partial charge in [-0.1, -0.05) is 18.2 Å². The van der Waals surface area contributed by atoms with Crippen LogP contribution in [0.3, 0.4) is 0 Å². The zero-order valence-electron chi connectivity index (χ0n) is 14.2. The molecule has 5 heteroatoms. The van der Waals surface area contributed by atoms with Crippen LogP contribution in [0.1, 0.15) is 24.8 Å². The lowest BCUT2D eigenvalue weighted by Gasteiger charge is -2.27. The van der Waals surface area contributed by atoms with E-state index in [1.54, 1.807) is 7.11 Å². The first-order valence-corrected chi connectivity index (χ1v) is 8.38. The van der Waals surface area contributed by atoms with Crippen LogP contribution in [0.25, 0.3) is 0 Å². The highest BCUT2D eigenvalue weighted by atomic mass is 16.5. The molecule has 1 saturated heterocycles. The van der Waals surface area contributed by atoms with Gasteiger partial charge in [-0.25, -0.2) is 0 Å². The number of benzene rings is 1. The van der Waals surface area contributed by atoms with E-state index >= 15 is 0 Å². The van der Waals surface area contributed by atoms with Gasteiger partial charge in [0.15, 0.2) is 0 Å². The summed E-state index contributed by atoms with van der Waals surface area (Å²) >= 11 is 0. The number of para-hydroxylation sites is 1. The van der Waals surface area contributed by atoms with Gasteiger partial charge in [-0.2, -0.15) is 0 Å². The molecule has 1 atom stereocenters. The largest absolute Gasteiger partial charge is 0.496 e. The number of hydrogen-bond donors (Lipinski definition) is 1. The van der Waals surface area contributed by atoms with Crippen LogP contribution < -0.4 is 10.1 Å². The molecule has 1 aromatic carbocycles. The zero-order valence-corrected chi connectivity index (χ0v) is 14.2. The van der Waals surface area contributed by atoms with Crippen LogP contribution in [-0.4, -0.2) is 57.3 Å². The molecule has 1 amide bonds. The highest BCUT2D eigenvalue weighted by Crippen LogP contribution is 2.17. The zero-order chi connectivity index (χ0) is 16.5. The number of carbonyl (C=O) groups is 1. The average molecular weight is 320 g/mol. The Balaban J connectivity index is 1.66. The van der Waals surface area contributed by atoms with Crippen LogP contribution in [0.5, 0.6) is 5.75 Å². The number of rotatable bonds is 8. The third kappa shape index (κ3) is 6.20. The van der Waals surface area contributed by atoms with Crippen molar-refractivity contribution in [2.45, 2.75) is 31.8 Å². The van der Waals surface area contributed by atoms with Crippen molar-refractivity contribution in [1.82, 2.24) is 10.2 Å². The second kappa shape index (κ2) is 9.53. The van der Waals surface area contributed by atoms with Gasteiger partial charge in [0, 0.05) is 19.7 Å². The maximum atomic E-state index is 12.0. The fourth-order valence-corrected chi connectivity index (χ4v) is 2.91. The summed E-state index contributed by atoms with van der Waals surface area (Å²) in [7, 11) is 3.64. The Labute approximate surface area is 139 Å². The first-order chi connectivity index (χ1) is 11.2. The van der Waals surface area contributed by atoms with E-state index in [2.05, 4.69) is 5.32 Å². The molecule has 0 saturated carbocycles. The van der Waals surface area contributed by atoms with Crippen LogP contribution in [0, 0.1) is 0 Å². The van der Waals surface area contributed by atoms with Crippen LogP contribution in [0.15, 0.2) is 24.3 Å². The van der Waals surface area contributed by atoms with Gasteiger partial charge in [0.2, 0.25) is 5.91 Å². The maximum Gasteiger partial charge on any atom is 0.234 e. The third-order valence-corrected chi connectivity index (χ3v) is 4.11. The fourth-order valence-electron chi connectivity index (χ4n) is 2.91. The van der Waals surface area contributed by atoms with Crippen LogP contribution in [-0.2, 0) is 16.0 Å². The minimum atomic E-state index is 0.0539. The van der Waals surface area contributed by atoms with E-state index in [9.17, 15) is 4.79 Å². The summed E-state index contributed by atoms with van der Waals surface area (Å²) in [4.78, 5) is 14.1. The van der Waals surface area contributed by atoms with Crippen molar-refractivity contribution < 1.29 is 14.3 Å². The lowest BCUT2D eigenvalue weighted by molar-refractivity contribution is -0.122. The topological polar surface area (TPSA) is 50.8 Å². The molecule has 0 radical (unpaired) electrons. The molecular formula is C18H28N2O3. The smallest absolute Gasteiger partial charge is 0.234 e. The standard InChI is InChI=1S/C18H28N2O3/c1-20(13-16-8-5-6-12-23-16)14-18(21)19-11-10-15-7-3-4-9-17(15)22-2/h3-4,7,9,16H,5-6,8,10-14H2,1-2H3,(H,19,21). The average Bonchev–Trinajstić information content (AvgIpc) is 2.56. The summed E-state index contributed by atoms with van der Waals surface area (Å²) in [5, 5.41) is 2.97. The van der Waals surface area contributed by atoms with E-state index < -0.39 is 0 Å². The van der Waals surface area contributed by atoms with Gasteiger partial charge in [-0.15, -0.1) is 0 Å². The van der Waals surface area contributed by atoms with Gasteiger partial charge < -0.3 is 14.8 Å². The molecule has 2 rings (SSSR count). The van der Waals surface area contributed by atoms with Gasteiger partial charge in [-0.05, 0) is 44.4 Å². The monoisotopic (exact) mass is 320 g/mol. The Morgan fingerprint density at radius 3 is 2.96 bits per heavy atom. The number of likely N-dealkylation sites (N-methyl/N-ethyl adjacent to an activating group) is 1. The van der Waals surface area contributed by atoms with E-state index in [1.807, 2.05) is 36.2 Å². The number of nitrogens with one attached hydrogen (secondary N) is 1. The molecule has 1 aliphatic rings. The molecule has 0 aliphatic carbocycles. The molecule has 128 valence electrons. The van der Waals surface area contributed by atoms with Gasteiger partial charge in [0.25, 0.3) is 0 Å². The molecule has 0 spiro atoms. The lowest BCUT2D eigenvalue weighted by Crippen LogP contribution is -2.40. The third-order valence-electron chi connectivity index (χ3n) is 4.11. The number of methoxy groups -OCH3 is 1. The predicted molar refractivity (Wildman–Crippen MR) is 90.8 cm³/mol. The number of nitrogens with zero attached hydrogens (tertiary/aromatic N) is 1. The second-order valence-electron chi connectivity index (χ2n) is 6.10. The molecule has 5 nitrogen and oxygen atoms in total. The Morgan fingerprint density at radius 2 is 2.22 bits per heavy atom. The van der Waals surface area contributed by atoms with Crippen LogP contribution in [0.4, 0.5) is 0 Å². The van der Waals surface area contributed by atoms with Gasteiger partial charge in [-0.3, -0.25) is 9.69 Å². The first kappa shape index (κ1) is 17.8. The van der Waals surface area contributed by atoms with Gasteiger partial charge >= 0.3 is 0 Å². The second-order valence-corrected chi connectivity index (χ2v) is 6.10. The fraction of sp³-hybridized carbons (Fsp3) is 0.611. The van der Waals surface area contributed by atoms with E-state index in [4.69, 9.17) is 9.47 Å². The Morgan fingerprint density at radius 1 is 1.39 bits per heavy atom. The van der Waals surface area contributed by atoms with Crippen molar-refractivity contribution in [1.29, 1.82) is 0 Å². The number of ether oxygens (including phenoxy) is 2. The summed E-state index contributed by atoms with van der Waals surface area (Å²) < 4.78 is 11.0. The molecular weight excluding hydrogens is 292 g/mol. The normalized spacial score (nSPS) is 18.0. The highest BCUT2D eigenvalue weighted by Gasteiger charge is 2.17. The van der Waals surface area contributed by atoms with E-state index in [0.29, 0.717) is 13.1 Å². The molecule has 1 unspecified atom stereocenters. The number of carbonyl (C=O) groups excluding carboxylic acids is 1. The molecule has 1 heterocycles. The van der Waals surface area contributed by atoms with Crippen molar-refractivity contribution in [3.8, 4) is 5.75 Å². The Hall–Kier alpha value is -1.59. The van der Waals surface area contributed by atoms with Crippen molar-refractivity contribution in [3.05, 3.63) is 29.8 Å². The molecule has 1 N–H and O–H groups in total. The Kier molecular flexibility index (Phi) is 7.36. The van der Waals surface area contributed by atoms with Crippen LogP contribution in [0.2, 0.25) is 0 Å². The van der Waals surface area contributed by atoms with Gasteiger partial charge in [0.05, 0.1) is 19.8 Å². The molecule has 1 aromatic rings. The lowest BCUT2D eigenvalue weighted by atomic mass is 10.1. The summed E-state index contributed by atoms with van der Waals surface area (Å²) in [6.45, 7) is 2.70. The van der Waals surface area contributed by atoms with E-state index in [1.165, 1.54) is 6.42 Å². The van der Waals surface area contributed by atoms with Crippen molar-refractivity contribution >= 4 is 5.91 Å². The number of hydrogen-bond acceptors (Lipinski definition) is 4. The highest BCUT2D eigenvalue weighted by molar-refractivity contribution is 5.77. The molecule has 0 bridgehead atoms. The van der Waals surface area contributed by atoms with E-state index in [-0.39, 0.29) is 12.0 Å². The van der Waals surface area contributed by atoms with Gasteiger partial charge in [0.1, 0.15) is 5.75 Å². The summed E-state index contributed by atoms with van der Waals surface area (Å²) in [5.74, 6) is 0.923. The molecule has 0 aromatic heterocycles. The SMILES string of the molecule is COc1ccccc1CCNC(=O)CN(C)CC1CCCCO1. The maximum absolute atomic E-state index is 12.0. The Bertz CT molecular complexity index is 487. The van der Waals surface area contributed by atoms with Crippen molar-refractivity contribution in [3.63, 3.8) is 0 Å². The molecule has 23 heavy (non-hydrogen) atoms. The molecule has 1 fully saturated rings. The van der Waals surface area contributed by atoms with E-state index in [0.717, 1.165) is 43.7 Å². The summed E-state index contributed by atoms with van der Waals surface area (Å²) in [6.07, 6.45) is 4.52.